The highest BCUT2D eigenvalue weighted by molar-refractivity contribution is 5.96. The molecule has 0 aliphatic rings. The van der Waals surface area contributed by atoms with Crippen LogP contribution in [0.25, 0.3) is 0 Å². The van der Waals surface area contributed by atoms with Gasteiger partial charge in [-0.05, 0) is 62.1 Å². The summed E-state index contributed by atoms with van der Waals surface area (Å²) in [5, 5.41) is 23.2. The molecule has 0 aliphatic heterocycles. The zero-order chi connectivity index (χ0) is 43.3. The number of primary amides is 1. The van der Waals surface area contributed by atoms with E-state index in [4.69, 9.17) is 43.0 Å². The lowest BCUT2D eigenvalue weighted by molar-refractivity contribution is -0.192. The average Bonchev–Trinajstić information content (AvgIpc) is 3.18. The molecular formula is C39H50F3N9O7. The molecule has 0 fully saturated rings. The summed E-state index contributed by atoms with van der Waals surface area (Å²) >= 11 is 0. The molecule has 0 radical (unpaired) electrons. The van der Waals surface area contributed by atoms with E-state index in [1.807, 2.05) is 72.8 Å². The van der Waals surface area contributed by atoms with E-state index in [-0.39, 0.29) is 50.8 Å². The van der Waals surface area contributed by atoms with Crippen molar-refractivity contribution >= 4 is 41.6 Å². The van der Waals surface area contributed by atoms with Crippen molar-refractivity contribution in [1.82, 2.24) is 16.0 Å². The minimum Gasteiger partial charge on any atom is -0.475 e. The first kappa shape index (κ1) is 47.5. The maximum absolute atomic E-state index is 14.3. The third-order valence-corrected chi connectivity index (χ3v) is 8.61. The van der Waals surface area contributed by atoms with Crippen molar-refractivity contribution in [2.45, 2.75) is 75.7 Å². The highest BCUT2D eigenvalue weighted by atomic mass is 19.4. The van der Waals surface area contributed by atoms with Gasteiger partial charge in [-0.15, -0.1) is 0 Å². The number of benzene rings is 3. The molecule has 2 unspecified atom stereocenters. The van der Waals surface area contributed by atoms with Crippen molar-refractivity contribution in [3.8, 4) is 0 Å². The Morgan fingerprint density at radius 3 is 1.90 bits per heavy atom. The van der Waals surface area contributed by atoms with E-state index in [1.54, 1.807) is 19.1 Å². The fraction of sp³-hybridized carbons (Fsp3) is 0.359. The Bertz CT molecular complexity index is 1840. The molecule has 3 aromatic carbocycles. The van der Waals surface area contributed by atoms with Crippen LogP contribution in [0, 0.1) is 5.41 Å². The lowest BCUT2D eigenvalue weighted by Gasteiger charge is -2.32. The van der Waals surface area contributed by atoms with E-state index < -0.39 is 53.5 Å². The summed E-state index contributed by atoms with van der Waals surface area (Å²) in [6.07, 6.45) is -3.68. The molecule has 0 saturated heterocycles. The first-order valence-electron chi connectivity index (χ1n) is 18.0. The molecule has 0 aromatic heterocycles. The number of carboxylic acids is 1. The van der Waals surface area contributed by atoms with Gasteiger partial charge in [-0.3, -0.25) is 24.8 Å². The van der Waals surface area contributed by atoms with Crippen LogP contribution in [0.4, 0.5) is 18.0 Å². The summed E-state index contributed by atoms with van der Waals surface area (Å²) in [4.78, 5) is 65.3. The van der Waals surface area contributed by atoms with Crippen molar-refractivity contribution in [2.24, 2.45) is 27.9 Å². The second kappa shape index (κ2) is 23.4. The van der Waals surface area contributed by atoms with Crippen LogP contribution in [0.15, 0.2) is 89.9 Å². The van der Waals surface area contributed by atoms with Crippen LogP contribution in [0.2, 0.25) is 0 Å². The molecule has 0 bridgehead atoms. The number of carboxylic acid groups (broad SMARTS) is 1. The van der Waals surface area contributed by atoms with Gasteiger partial charge in [0.05, 0.1) is 5.41 Å². The van der Waals surface area contributed by atoms with Crippen molar-refractivity contribution in [3.05, 3.63) is 107 Å². The number of nitrogen functional groups attached to an aromatic ring is 1. The number of amides is 4. The number of guanidine groups is 1. The highest BCUT2D eigenvalue weighted by Crippen LogP contribution is 2.29. The summed E-state index contributed by atoms with van der Waals surface area (Å²) in [5.41, 5.74) is 23.9. The number of nitrogens with zero attached hydrogens (tertiary/aromatic N) is 1. The van der Waals surface area contributed by atoms with Gasteiger partial charge in [0.1, 0.15) is 24.5 Å². The molecule has 0 spiro atoms. The number of nitrogens with one attached hydrogen (secondary N) is 4. The van der Waals surface area contributed by atoms with E-state index in [0.717, 1.165) is 16.7 Å². The topological polar surface area (TPSA) is 291 Å². The van der Waals surface area contributed by atoms with Crippen LogP contribution in [0.3, 0.4) is 0 Å². The van der Waals surface area contributed by atoms with Gasteiger partial charge in [-0.2, -0.15) is 13.2 Å². The third-order valence-electron chi connectivity index (χ3n) is 8.61. The van der Waals surface area contributed by atoms with Gasteiger partial charge in [0.25, 0.3) is 0 Å². The number of alkyl carbamates (subject to hydrolysis) is 1. The first-order chi connectivity index (χ1) is 27.3. The first-order valence-corrected chi connectivity index (χ1v) is 18.0. The summed E-state index contributed by atoms with van der Waals surface area (Å²) in [6.45, 7) is 2.45. The number of aliphatic imine (C=N–C) groups is 1. The van der Waals surface area contributed by atoms with Gasteiger partial charge in [-0.25, -0.2) is 9.59 Å². The molecule has 13 N–H and O–H groups in total. The van der Waals surface area contributed by atoms with Gasteiger partial charge in [0, 0.05) is 18.7 Å². The van der Waals surface area contributed by atoms with E-state index in [1.165, 1.54) is 0 Å². The molecule has 58 heavy (non-hydrogen) atoms. The summed E-state index contributed by atoms with van der Waals surface area (Å²) in [6, 6.07) is 23.5. The Labute approximate surface area is 333 Å². The SMILES string of the molecule is C[C@@](Cc1ccc(C(=N)N)cc1)(C(=O)NC(CCCCNC(=O)OCc1ccccc1)C(=O)NC(CCCN=C(N)N)C(N)=O)c1ccccc1.O=C(O)C(F)(F)F. The molecular weight excluding hydrogens is 763 g/mol. The van der Waals surface area contributed by atoms with Crippen LogP contribution < -0.4 is 38.9 Å². The molecule has 3 aromatic rings. The minimum atomic E-state index is -5.08. The molecule has 314 valence electrons. The number of hydrogen-bond donors (Lipinski definition) is 9. The Balaban J connectivity index is 0.00000151. The van der Waals surface area contributed by atoms with Crippen LogP contribution >= 0.6 is 0 Å². The molecule has 0 aliphatic carbocycles. The van der Waals surface area contributed by atoms with Gasteiger partial charge >= 0.3 is 18.2 Å². The number of halogens is 3. The van der Waals surface area contributed by atoms with Crippen molar-refractivity contribution in [2.75, 3.05) is 13.1 Å². The van der Waals surface area contributed by atoms with Crippen LogP contribution in [0.1, 0.15) is 61.3 Å². The van der Waals surface area contributed by atoms with E-state index in [2.05, 4.69) is 20.9 Å². The van der Waals surface area contributed by atoms with Gasteiger partial charge in [0.15, 0.2) is 5.96 Å². The van der Waals surface area contributed by atoms with Crippen LogP contribution in [-0.4, -0.2) is 78.0 Å². The van der Waals surface area contributed by atoms with Gasteiger partial charge < -0.3 is 48.7 Å². The smallest absolute Gasteiger partial charge is 0.475 e. The standard InChI is InChI=1S/C37H49N9O5.C2HF3O2/c1-37(28-13-6-3-7-14-28,23-25-17-19-27(20-18-25)31(38)39)34(49)46-30(33(48)45-29(32(40)47)16-10-22-43-35(41)42)15-8-9-21-44-36(50)51-24-26-11-4-2-5-12-26;3-2(4,5)1(6)7/h2-7,11-14,17-20,29-30H,8-10,15-16,21-24H2,1H3,(H3,38,39)(H2,40,47)(H,44,50)(H,45,48)(H,46,49)(H4,41,42,43);(H,6,7)/t29?,30?,37-;/m0./s1. The van der Waals surface area contributed by atoms with E-state index >= 15 is 0 Å². The Kier molecular flexibility index (Phi) is 19.2. The molecule has 16 nitrogen and oxygen atoms in total. The zero-order valence-corrected chi connectivity index (χ0v) is 31.9. The van der Waals surface area contributed by atoms with Crippen molar-refractivity contribution in [3.63, 3.8) is 0 Å². The van der Waals surface area contributed by atoms with Crippen LogP contribution in [0.5, 0.6) is 0 Å². The normalized spacial score (nSPS) is 12.8. The fourth-order valence-electron chi connectivity index (χ4n) is 5.42. The Hall–Kier alpha value is -6.66. The number of carbonyl (C=O) groups excluding carboxylic acids is 4. The molecule has 3 atom stereocenters. The number of aliphatic carboxylic acids is 1. The Morgan fingerprint density at radius 2 is 1.36 bits per heavy atom. The zero-order valence-electron chi connectivity index (χ0n) is 31.9. The number of carbonyl (C=O) groups is 5. The number of hydrogen-bond acceptors (Lipinski definition) is 8. The van der Waals surface area contributed by atoms with Crippen LogP contribution in [-0.2, 0) is 42.4 Å². The molecule has 19 heteroatoms. The summed E-state index contributed by atoms with van der Waals surface area (Å²) in [5.74, 6) is -4.63. The lowest BCUT2D eigenvalue weighted by atomic mass is 9.76. The summed E-state index contributed by atoms with van der Waals surface area (Å²) in [7, 11) is 0. The maximum atomic E-state index is 14.3. The molecule has 3 rings (SSSR count). The molecule has 4 amide bonds. The predicted molar refractivity (Wildman–Crippen MR) is 210 cm³/mol. The maximum Gasteiger partial charge on any atom is 0.490 e. The highest BCUT2D eigenvalue weighted by Gasteiger charge is 2.39. The largest absolute Gasteiger partial charge is 0.490 e. The number of amidine groups is 1. The minimum absolute atomic E-state index is 0.0660. The lowest BCUT2D eigenvalue weighted by Crippen LogP contribution is -2.56. The van der Waals surface area contributed by atoms with Gasteiger partial charge in [0.2, 0.25) is 17.7 Å². The van der Waals surface area contributed by atoms with E-state index in [0.29, 0.717) is 24.8 Å². The third kappa shape index (κ3) is 17.0. The van der Waals surface area contributed by atoms with Gasteiger partial charge in [-0.1, -0.05) is 84.9 Å². The van der Waals surface area contributed by atoms with Crippen molar-refractivity contribution < 1.29 is 47.0 Å². The Morgan fingerprint density at radius 1 is 0.793 bits per heavy atom. The van der Waals surface area contributed by atoms with E-state index in [9.17, 15) is 32.3 Å². The molecule has 0 saturated carbocycles. The van der Waals surface area contributed by atoms with Crippen molar-refractivity contribution in [1.29, 1.82) is 5.41 Å². The number of ether oxygens (including phenoxy) is 1. The predicted octanol–water partition coefficient (Wildman–Crippen LogP) is 2.71. The molecule has 0 heterocycles. The fourth-order valence-corrected chi connectivity index (χ4v) is 5.42. The second-order valence-corrected chi connectivity index (χ2v) is 13.2. The quantitative estimate of drug-likeness (QED) is 0.0457. The number of nitrogens with two attached hydrogens (primary N) is 4. The number of rotatable bonds is 20. The average molecular weight is 814 g/mol. The second-order valence-electron chi connectivity index (χ2n) is 13.2. The monoisotopic (exact) mass is 813 g/mol. The number of alkyl halides is 3. The summed E-state index contributed by atoms with van der Waals surface area (Å²) < 4.78 is 37.0. The number of unbranched alkanes of at least 4 members (excludes halogenated alkanes) is 1.